The van der Waals surface area contributed by atoms with Gasteiger partial charge in [-0.05, 0) is 38.5 Å². The monoisotopic (exact) mass is 344 g/mol. The molecule has 0 fully saturated rings. The van der Waals surface area contributed by atoms with Gasteiger partial charge in [0.2, 0.25) is 0 Å². The molecule has 24 heavy (non-hydrogen) atoms. The molecule has 3 N–H and O–H groups in total. The first-order valence-corrected chi connectivity index (χ1v) is 9.27. The lowest BCUT2D eigenvalue weighted by molar-refractivity contribution is -0.140. The highest BCUT2D eigenvalue weighted by Crippen LogP contribution is 2.11. The van der Waals surface area contributed by atoms with Crippen molar-refractivity contribution in [2.75, 3.05) is 7.11 Å². The van der Waals surface area contributed by atoms with Crippen LogP contribution in [-0.2, 0) is 9.53 Å². The van der Waals surface area contributed by atoms with Gasteiger partial charge in [0.05, 0.1) is 25.4 Å². The number of methoxy groups -OCH3 is 1. The molecule has 0 rings (SSSR count). The van der Waals surface area contributed by atoms with Crippen molar-refractivity contribution in [3.05, 3.63) is 12.2 Å². The number of carbonyl (C=O) groups is 1. The summed E-state index contributed by atoms with van der Waals surface area (Å²) < 4.78 is 4.54. The summed E-state index contributed by atoms with van der Waals surface area (Å²) in [6, 6.07) is 0. The Morgan fingerprint density at radius 1 is 0.958 bits per heavy atom. The minimum absolute atomic E-state index is 0.265. The highest BCUT2D eigenvalue weighted by molar-refractivity contribution is 5.68. The van der Waals surface area contributed by atoms with Crippen LogP contribution < -0.4 is 0 Å². The van der Waals surface area contributed by atoms with Gasteiger partial charge in [0, 0.05) is 6.42 Å². The number of esters is 1. The van der Waals surface area contributed by atoms with Crippen molar-refractivity contribution < 1.29 is 24.9 Å². The van der Waals surface area contributed by atoms with Gasteiger partial charge in [-0.15, -0.1) is 0 Å². The van der Waals surface area contributed by atoms with Crippen molar-refractivity contribution in [2.45, 2.75) is 95.9 Å². The van der Waals surface area contributed by atoms with Crippen molar-refractivity contribution in [3.63, 3.8) is 0 Å². The molecular formula is C19H36O5. The van der Waals surface area contributed by atoms with Crippen LogP contribution in [0.2, 0.25) is 0 Å². The molecule has 0 aliphatic carbocycles. The first kappa shape index (κ1) is 23.1. The normalized spacial score (nSPS) is 15.4. The van der Waals surface area contributed by atoms with Crippen LogP contribution in [0.3, 0.4) is 0 Å². The van der Waals surface area contributed by atoms with E-state index in [-0.39, 0.29) is 12.1 Å². The largest absolute Gasteiger partial charge is 0.469 e. The lowest BCUT2D eigenvalue weighted by Crippen LogP contribution is -2.12. The zero-order chi connectivity index (χ0) is 18.2. The lowest BCUT2D eigenvalue weighted by atomic mass is 10.0. The number of hydrogen-bond donors (Lipinski definition) is 3. The second-order valence-electron chi connectivity index (χ2n) is 6.43. The molecule has 0 aliphatic rings. The van der Waals surface area contributed by atoms with E-state index in [0.717, 1.165) is 19.3 Å². The van der Waals surface area contributed by atoms with Gasteiger partial charge in [0.1, 0.15) is 0 Å². The highest BCUT2D eigenvalue weighted by Gasteiger charge is 2.09. The second-order valence-corrected chi connectivity index (χ2v) is 6.43. The van der Waals surface area contributed by atoms with E-state index in [2.05, 4.69) is 11.7 Å². The zero-order valence-electron chi connectivity index (χ0n) is 15.3. The maximum Gasteiger partial charge on any atom is 0.305 e. The Morgan fingerprint density at radius 3 is 2.33 bits per heavy atom. The Labute approximate surface area is 146 Å². The number of hydrogen-bond acceptors (Lipinski definition) is 5. The van der Waals surface area contributed by atoms with E-state index in [1.165, 1.54) is 20.0 Å². The third kappa shape index (κ3) is 14.7. The van der Waals surface area contributed by atoms with E-state index in [1.807, 2.05) is 6.08 Å². The van der Waals surface area contributed by atoms with Gasteiger partial charge in [-0.2, -0.15) is 0 Å². The minimum Gasteiger partial charge on any atom is -0.469 e. The molecule has 0 aromatic carbocycles. The molecule has 5 heteroatoms. The van der Waals surface area contributed by atoms with Gasteiger partial charge >= 0.3 is 5.97 Å². The number of aliphatic hydroxyl groups is 3. The fourth-order valence-electron chi connectivity index (χ4n) is 2.51. The summed E-state index contributed by atoms with van der Waals surface area (Å²) >= 11 is 0. The van der Waals surface area contributed by atoms with Crippen molar-refractivity contribution in [1.82, 2.24) is 0 Å². The summed E-state index contributed by atoms with van der Waals surface area (Å²) in [5, 5.41) is 29.5. The zero-order valence-corrected chi connectivity index (χ0v) is 15.3. The van der Waals surface area contributed by atoms with Gasteiger partial charge < -0.3 is 20.1 Å². The quantitative estimate of drug-likeness (QED) is 0.241. The Bertz CT molecular complexity index is 330. The summed E-state index contributed by atoms with van der Waals surface area (Å²) in [4.78, 5) is 11.0. The van der Waals surface area contributed by atoms with Crippen LogP contribution in [0.15, 0.2) is 12.2 Å². The maximum atomic E-state index is 11.0. The van der Waals surface area contributed by atoms with E-state index in [0.29, 0.717) is 38.5 Å². The van der Waals surface area contributed by atoms with Gasteiger partial charge in [0.15, 0.2) is 0 Å². The predicted octanol–water partition coefficient (Wildman–Crippen LogP) is 3.11. The Kier molecular flexibility index (Phi) is 15.0. The summed E-state index contributed by atoms with van der Waals surface area (Å²) in [6.45, 7) is 2.16. The van der Waals surface area contributed by atoms with Crippen molar-refractivity contribution >= 4 is 5.97 Å². The molecule has 3 atom stereocenters. The molecule has 0 bridgehead atoms. The van der Waals surface area contributed by atoms with Gasteiger partial charge in [-0.3, -0.25) is 4.79 Å². The predicted molar refractivity (Wildman–Crippen MR) is 95.6 cm³/mol. The SMILES string of the molecule is CCCCCCC(O)C/C=C/C(O)CCC(O)CCCC(=O)OC. The van der Waals surface area contributed by atoms with Crippen molar-refractivity contribution in [3.8, 4) is 0 Å². The Balaban J connectivity index is 3.68. The topological polar surface area (TPSA) is 87.0 Å². The number of rotatable bonds is 15. The summed E-state index contributed by atoms with van der Waals surface area (Å²) in [5.74, 6) is -0.265. The third-order valence-corrected chi connectivity index (χ3v) is 4.10. The molecule has 0 saturated heterocycles. The fourth-order valence-corrected chi connectivity index (χ4v) is 2.51. The summed E-state index contributed by atoms with van der Waals surface area (Å²) in [5.41, 5.74) is 0. The molecule has 0 radical (unpaired) electrons. The fraction of sp³-hybridized carbons (Fsp3) is 0.842. The molecule has 0 amide bonds. The second kappa shape index (κ2) is 15.6. The smallest absolute Gasteiger partial charge is 0.305 e. The van der Waals surface area contributed by atoms with E-state index in [9.17, 15) is 20.1 Å². The molecule has 142 valence electrons. The van der Waals surface area contributed by atoms with Crippen LogP contribution >= 0.6 is 0 Å². The molecule has 0 saturated carbocycles. The van der Waals surface area contributed by atoms with E-state index >= 15 is 0 Å². The van der Waals surface area contributed by atoms with E-state index in [1.54, 1.807) is 6.08 Å². The molecule has 0 aromatic heterocycles. The average Bonchev–Trinajstić information content (AvgIpc) is 2.56. The Hall–Kier alpha value is -0.910. The van der Waals surface area contributed by atoms with Crippen LogP contribution in [0.5, 0.6) is 0 Å². The molecule has 0 aromatic rings. The minimum atomic E-state index is -0.604. The maximum absolute atomic E-state index is 11.0. The molecule has 0 aliphatic heterocycles. The molecular weight excluding hydrogens is 308 g/mol. The standard InChI is InChI=1S/C19H36O5/c1-3-4-5-6-9-16(20)10-7-11-17(21)14-15-18(22)12-8-13-19(23)24-2/h7,11,16-18,20-22H,3-6,8-10,12-15H2,1-2H3/b11-7+. The number of ether oxygens (including phenoxy) is 1. The van der Waals surface area contributed by atoms with Crippen LogP contribution in [0.1, 0.15) is 77.6 Å². The van der Waals surface area contributed by atoms with Crippen LogP contribution in [0.4, 0.5) is 0 Å². The highest BCUT2D eigenvalue weighted by atomic mass is 16.5. The molecule has 0 heterocycles. The van der Waals surface area contributed by atoms with Gasteiger partial charge in [0.25, 0.3) is 0 Å². The number of carbonyl (C=O) groups excluding carboxylic acids is 1. The van der Waals surface area contributed by atoms with Gasteiger partial charge in [-0.25, -0.2) is 0 Å². The number of aliphatic hydroxyl groups excluding tert-OH is 3. The first-order valence-electron chi connectivity index (χ1n) is 9.27. The summed E-state index contributed by atoms with van der Waals surface area (Å²) in [7, 11) is 1.35. The summed E-state index contributed by atoms with van der Waals surface area (Å²) in [6.07, 6.45) is 10.4. The average molecular weight is 344 g/mol. The van der Waals surface area contributed by atoms with Crippen LogP contribution in [-0.4, -0.2) is 46.7 Å². The van der Waals surface area contributed by atoms with E-state index < -0.39 is 12.2 Å². The van der Waals surface area contributed by atoms with Crippen molar-refractivity contribution in [2.24, 2.45) is 0 Å². The van der Waals surface area contributed by atoms with E-state index in [4.69, 9.17) is 0 Å². The Morgan fingerprint density at radius 2 is 1.67 bits per heavy atom. The molecule has 3 unspecified atom stereocenters. The van der Waals surface area contributed by atoms with Crippen LogP contribution in [0.25, 0.3) is 0 Å². The molecule has 5 nitrogen and oxygen atoms in total. The van der Waals surface area contributed by atoms with Gasteiger partial charge in [-0.1, -0.05) is 44.8 Å². The van der Waals surface area contributed by atoms with Crippen molar-refractivity contribution in [1.29, 1.82) is 0 Å². The number of unbranched alkanes of at least 4 members (excludes halogenated alkanes) is 3. The third-order valence-electron chi connectivity index (χ3n) is 4.10. The van der Waals surface area contributed by atoms with Crippen LogP contribution in [0, 0.1) is 0 Å². The lowest BCUT2D eigenvalue weighted by Gasteiger charge is -2.12. The molecule has 0 spiro atoms. The first-order chi connectivity index (χ1) is 11.5.